The van der Waals surface area contributed by atoms with Crippen LogP contribution in [0.4, 0.5) is 0 Å². The van der Waals surface area contributed by atoms with E-state index in [1.807, 2.05) is 6.07 Å². The molecule has 0 radical (unpaired) electrons. The zero-order valence-corrected chi connectivity index (χ0v) is 10.1. The maximum Gasteiger partial charge on any atom is 0.304 e. The van der Waals surface area contributed by atoms with Gasteiger partial charge in [-0.3, -0.25) is 9.59 Å². The molecule has 0 unspecified atom stereocenters. The molecule has 2 rings (SSSR count). The first-order valence-electron chi connectivity index (χ1n) is 5.14. The third-order valence-corrected chi connectivity index (χ3v) is 3.00. The second kappa shape index (κ2) is 5.29. The zero-order chi connectivity index (χ0) is 13.0. The van der Waals surface area contributed by atoms with E-state index in [-0.39, 0.29) is 17.3 Å². The van der Waals surface area contributed by atoms with Crippen molar-refractivity contribution in [2.24, 2.45) is 0 Å². The fraction of sp³-hybridized carbons (Fsp3) is 0.0833. The molecule has 0 aliphatic heterocycles. The third kappa shape index (κ3) is 2.84. The topological polar surface area (TPSA) is 85.8 Å². The number of nitrogens with zero attached hydrogens (tertiary/aromatic N) is 1. The Kier molecular flexibility index (Phi) is 3.55. The molecule has 0 spiro atoms. The number of benzene rings is 1. The molecule has 0 fully saturated rings. The molecule has 0 saturated carbocycles. The lowest BCUT2D eigenvalue weighted by atomic mass is 10.1. The van der Waals surface area contributed by atoms with Gasteiger partial charge in [0.1, 0.15) is 0 Å². The highest BCUT2D eigenvalue weighted by molar-refractivity contribution is 7.07. The van der Waals surface area contributed by atoms with Crippen LogP contribution in [-0.2, 0) is 6.54 Å². The number of hydrogen-bond acceptors (Lipinski definition) is 4. The Morgan fingerprint density at radius 2 is 2.11 bits per heavy atom. The van der Waals surface area contributed by atoms with Crippen molar-refractivity contribution in [2.45, 2.75) is 6.54 Å². The van der Waals surface area contributed by atoms with E-state index in [4.69, 9.17) is 5.26 Å². The summed E-state index contributed by atoms with van der Waals surface area (Å²) in [7, 11) is 0. The van der Waals surface area contributed by atoms with Crippen molar-refractivity contribution < 1.29 is 4.79 Å². The van der Waals surface area contributed by atoms with Gasteiger partial charge in [-0.2, -0.15) is 5.26 Å². The van der Waals surface area contributed by atoms with Gasteiger partial charge in [0.15, 0.2) is 0 Å². The Labute approximate surface area is 107 Å². The van der Waals surface area contributed by atoms with Crippen LogP contribution < -0.4 is 10.2 Å². The number of aromatic amines is 1. The summed E-state index contributed by atoms with van der Waals surface area (Å²) in [5, 5.41) is 13.0. The van der Waals surface area contributed by atoms with E-state index in [0.29, 0.717) is 16.8 Å². The lowest BCUT2D eigenvalue weighted by Crippen LogP contribution is -2.23. The van der Waals surface area contributed by atoms with Crippen molar-refractivity contribution in [3.63, 3.8) is 0 Å². The van der Waals surface area contributed by atoms with Crippen LogP contribution in [0.15, 0.2) is 34.4 Å². The highest BCUT2D eigenvalue weighted by atomic mass is 32.1. The number of amides is 1. The summed E-state index contributed by atoms with van der Waals surface area (Å²) < 4.78 is 0. The molecular formula is C12H9N3O2S. The maximum absolute atomic E-state index is 11.7. The highest BCUT2D eigenvalue weighted by Gasteiger charge is 2.05. The number of aromatic nitrogens is 1. The molecule has 1 aromatic heterocycles. The number of nitriles is 1. The van der Waals surface area contributed by atoms with Crippen molar-refractivity contribution in [3.8, 4) is 6.07 Å². The second-order valence-electron chi connectivity index (χ2n) is 3.55. The molecule has 18 heavy (non-hydrogen) atoms. The summed E-state index contributed by atoms with van der Waals surface area (Å²) in [4.78, 5) is 25.1. The van der Waals surface area contributed by atoms with E-state index in [9.17, 15) is 9.59 Å². The number of hydrogen-bond donors (Lipinski definition) is 2. The molecule has 1 heterocycles. The van der Waals surface area contributed by atoms with Crippen molar-refractivity contribution in [3.05, 3.63) is 56.1 Å². The monoisotopic (exact) mass is 259 g/mol. The molecule has 0 aliphatic rings. The van der Waals surface area contributed by atoms with Crippen LogP contribution in [-0.4, -0.2) is 10.9 Å². The van der Waals surface area contributed by atoms with Crippen LogP contribution in [0.25, 0.3) is 0 Å². The second-order valence-corrected chi connectivity index (χ2v) is 4.39. The molecule has 5 nitrogen and oxygen atoms in total. The van der Waals surface area contributed by atoms with Gasteiger partial charge in [-0.15, -0.1) is 0 Å². The quantitative estimate of drug-likeness (QED) is 0.869. The van der Waals surface area contributed by atoms with Gasteiger partial charge in [0.2, 0.25) is 0 Å². The first-order valence-corrected chi connectivity index (χ1v) is 6.02. The fourth-order valence-corrected chi connectivity index (χ4v) is 1.96. The Balaban J connectivity index is 1.99. The van der Waals surface area contributed by atoms with Crippen molar-refractivity contribution in [1.29, 1.82) is 5.26 Å². The average molecular weight is 259 g/mol. The summed E-state index contributed by atoms with van der Waals surface area (Å²) in [6.45, 7) is 0.275. The summed E-state index contributed by atoms with van der Waals surface area (Å²) in [5.41, 5.74) is 1.66. The molecule has 0 atom stereocenters. The smallest absolute Gasteiger partial charge is 0.304 e. The van der Waals surface area contributed by atoms with E-state index < -0.39 is 0 Å². The minimum absolute atomic E-state index is 0.141. The van der Waals surface area contributed by atoms with Crippen LogP contribution in [0.3, 0.4) is 0 Å². The molecule has 2 aromatic rings. The van der Waals surface area contributed by atoms with Gasteiger partial charge in [-0.25, -0.2) is 0 Å². The van der Waals surface area contributed by atoms with E-state index in [2.05, 4.69) is 10.3 Å². The first-order chi connectivity index (χ1) is 8.69. The molecule has 6 heteroatoms. The SMILES string of the molecule is N#Cc1ccc(C(=O)NCc2csc(=O)[nH]2)cc1. The van der Waals surface area contributed by atoms with E-state index in [1.54, 1.807) is 29.6 Å². The Morgan fingerprint density at radius 1 is 1.39 bits per heavy atom. The largest absolute Gasteiger partial charge is 0.346 e. The number of rotatable bonds is 3. The highest BCUT2D eigenvalue weighted by Crippen LogP contribution is 2.03. The first kappa shape index (κ1) is 12.1. The van der Waals surface area contributed by atoms with Crippen molar-refractivity contribution in [2.75, 3.05) is 0 Å². The van der Waals surface area contributed by atoms with Gasteiger partial charge >= 0.3 is 4.87 Å². The summed E-state index contributed by atoms with van der Waals surface area (Å²) in [6, 6.07) is 8.33. The van der Waals surface area contributed by atoms with Gasteiger partial charge in [-0.1, -0.05) is 11.3 Å². The Morgan fingerprint density at radius 3 is 2.67 bits per heavy atom. The molecule has 0 aliphatic carbocycles. The molecule has 1 aromatic carbocycles. The number of thiazole rings is 1. The Bertz CT molecular complexity index is 649. The Hall–Kier alpha value is -2.39. The lowest BCUT2D eigenvalue weighted by molar-refractivity contribution is 0.0950. The van der Waals surface area contributed by atoms with E-state index in [0.717, 1.165) is 11.3 Å². The van der Waals surface area contributed by atoms with Crippen LogP contribution in [0.1, 0.15) is 21.6 Å². The van der Waals surface area contributed by atoms with Crippen molar-refractivity contribution in [1.82, 2.24) is 10.3 Å². The van der Waals surface area contributed by atoms with Crippen LogP contribution in [0.5, 0.6) is 0 Å². The lowest BCUT2D eigenvalue weighted by Gasteiger charge is -2.03. The number of nitrogens with one attached hydrogen (secondary N) is 2. The van der Waals surface area contributed by atoms with Crippen LogP contribution in [0.2, 0.25) is 0 Å². The van der Waals surface area contributed by atoms with Crippen molar-refractivity contribution >= 4 is 17.2 Å². The normalized spacial score (nSPS) is 9.72. The van der Waals surface area contributed by atoms with Gasteiger partial charge in [-0.05, 0) is 24.3 Å². The molecular weight excluding hydrogens is 250 g/mol. The molecule has 0 bridgehead atoms. The number of carbonyl (C=O) groups is 1. The summed E-state index contributed by atoms with van der Waals surface area (Å²) in [5.74, 6) is -0.244. The van der Waals surface area contributed by atoms with Gasteiger partial charge < -0.3 is 10.3 Å². The molecule has 0 saturated heterocycles. The minimum atomic E-state index is -0.244. The number of H-pyrrole nitrogens is 1. The molecule has 2 N–H and O–H groups in total. The minimum Gasteiger partial charge on any atom is -0.346 e. The maximum atomic E-state index is 11.7. The molecule has 1 amide bonds. The van der Waals surface area contributed by atoms with Crippen LogP contribution >= 0.6 is 11.3 Å². The summed E-state index contributed by atoms with van der Waals surface area (Å²) in [6.07, 6.45) is 0. The van der Waals surface area contributed by atoms with E-state index >= 15 is 0 Å². The fourth-order valence-electron chi connectivity index (χ4n) is 1.37. The van der Waals surface area contributed by atoms with Gasteiger partial charge in [0, 0.05) is 16.6 Å². The average Bonchev–Trinajstić information content (AvgIpc) is 2.82. The standard InChI is InChI=1S/C12H9N3O2S/c13-5-8-1-3-9(4-2-8)11(16)14-6-10-7-18-12(17)15-10/h1-4,7H,6H2,(H,14,16)(H,15,17). The predicted molar refractivity (Wildman–Crippen MR) is 67.3 cm³/mol. The molecule has 90 valence electrons. The predicted octanol–water partition coefficient (Wildman–Crippen LogP) is 1.24. The van der Waals surface area contributed by atoms with E-state index in [1.165, 1.54) is 0 Å². The zero-order valence-electron chi connectivity index (χ0n) is 9.27. The van der Waals surface area contributed by atoms with Crippen LogP contribution in [0, 0.1) is 11.3 Å². The van der Waals surface area contributed by atoms with Gasteiger partial charge in [0.05, 0.1) is 18.2 Å². The van der Waals surface area contributed by atoms with Gasteiger partial charge in [0.25, 0.3) is 5.91 Å². The number of carbonyl (C=O) groups excluding carboxylic acids is 1. The summed E-state index contributed by atoms with van der Waals surface area (Å²) >= 11 is 1.06. The third-order valence-electron chi connectivity index (χ3n) is 2.29.